The van der Waals surface area contributed by atoms with Crippen LogP contribution >= 0.6 is 0 Å². The highest BCUT2D eigenvalue weighted by atomic mass is 19.4. The minimum Gasteiger partial charge on any atom is -0.462 e. The summed E-state index contributed by atoms with van der Waals surface area (Å²) in [6.45, 7) is 2.31. The van der Waals surface area contributed by atoms with Gasteiger partial charge in [0, 0.05) is 5.69 Å². The van der Waals surface area contributed by atoms with Crippen LogP contribution in [0, 0.1) is 0 Å². The number of halogens is 3. The van der Waals surface area contributed by atoms with Gasteiger partial charge in [-0.3, -0.25) is 0 Å². The highest BCUT2D eigenvalue weighted by molar-refractivity contribution is 5.95. The number of ether oxygens (including phenoxy) is 1. The number of unbranched alkanes of at least 4 members (excludes halogenated alkanes) is 3. The van der Waals surface area contributed by atoms with E-state index in [0.717, 1.165) is 43.9 Å². The van der Waals surface area contributed by atoms with Crippen LogP contribution in [-0.4, -0.2) is 12.6 Å². The smallest absolute Gasteiger partial charge is 0.416 e. The van der Waals surface area contributed by atoms with E-state index in [9.17, 15) is 18.0 Å². The lowest BCUT2D eigenvalue weighted by Gasteiger charge is -2.10. The molecule has 2 N–H and O–H groups in total. The third kappa shape index (κ3) is 4.75. The van der Waals surface area contributed by atoms with Crippen molar-refractivity contribution in [3.05, 3.63) is 29.3 Å². The second kappa shape index (κ2) is 7.17. The van der Waals surface area contributed by atoms with Gasteiger partial charge in [0.05, 0.1) is 17.7 Å². The molecule has 0 aliphatic rings. The highest BCUT2D eigenvalue weighted by Crippen LogP contribution is 2.31. The molecule has 0 aromatic heterocycles. The molecule has 0 saturated carbocycles. The molecular weight excluding hydrogens is 271 g/mol. The number of carbonyl (C=O) groups excluding carboxylic acids is 1. The molecule has 3 nitrogen and oxygen atoms in total. The maximum atomic E-state index is 12.4. The van der Waals surface area contributed by atoms with Gasteiger partial charge in [0.25, 0.3) is 0 Å². The molecule has 0 atom stereocenters. The van der Waals surface area contributed by atoms with Crippen molar-refractivity contribution in [1.29, 1.82) is 0 Å². The first-order valence-corrected chi connectivity index (χ1v) is 6.50. The minimum absolute atomic E-state index is 0.0338. The van der Waals surface area contributed by atoms with Crippen LogP contribution in [0.1, 0.15) is 48.5 Å². The van der Waals surface area contributed by atoms with Crippen molar-refractivity contribution in [2.75, 3.05) is 12.3 Å². The fraction of sp³-hybridized carbons (Fsp3) is 0.500. The summed E-state index contributed by atoms with van der Waals surface area (Å²) in [5.74, 6) is -0.687. The number of nitrogen functional groups attached to an aromatic ring is 1. The van der Waals surface area contributed by atoms with Crippen molar-refractivity contribution in [3.63, 3.8) is 0 Å². The van der Waals surface area contributed by atoms with Gasteiger partial charge in [0.2, 0.25) is 0 Å². The van der Waals surface area contributed by atoms with Gasteiger partial charge in [0.15, 0.2) is 0 Å². The van der Waals surface area contributed by atoms with E-state index in [2.05, 4.69) is 6.92 Å². The number of carbonyl (C=O) groups is 1. The summed E-state index contributed by atoms with van der Waals surface area (Å²) in [4.78, 5) is 11.7. The minimum atomic E-state index is -4.48. The average Bonchev–Trinajstić information content (AvgIpc) is 2.37. The lowest BCUT2D eigenvalue weighted by molar-refractivity contribution is -0.137. The third-order valence-electron chi connectivity index (χ3n) is 2.83. The zero-order chi connectivity index (χ0) is 15.2. The predicted molar refractivity (Wildman–Crippen MR) is 70.3 cm³/mol. The summed E-state index contributed by atoms with van der Waals surface area (Å²) in [7, 11) is 0. The summed E-state index contributed by atoms with van der Waals surface area (Å²) in [5.41, 5.74) is 4.33. The average molecular weight is 289 g/mol. The molecule has 6 heteroatoms. The molecule has 0 aliphatic carbocycles. The van der Waals surface area contributed by atoms with Crippen molar-refractivity contribution < 1.29 is 22.7 Å². The topological polar surface area (TPSA) is 52.3 Å². The van der Waals surface area contributed by atoms with Gasteiger partial charge in [-0.25, -0.2) is 4.79 Å². The number of hydrogen-bond donors (Lipinski definition) is 1. The van der Waals surface area contributed by atoms with Gasteiger partial charge in [-0.05, 0) is 24.6 Å². The number of anilines is 1. The summed E-state index contributed by atoms with van der Waals surface area (Å²) >= 11 is 0. The fourth-order valence-corrected chi connectivity index (χ4v) is 1.70. The molecule has 0 saturated heterocycles. The molecule has 112 valence electrons. The molecule has 0 unspecified atom stereocenters. The second-order valence-corrected chi connectivity index (χ2v) is 4.50. The Kier molecular flexibility index (Phi) is 5.85. The van der Waals surface area contributed by atoms with Crippen LogP contribution in [0.15, 0.2) is 18.2 Å². The number of nitrogens with two attached hydrogens (primary N) is 1. The van der Waals surface area contributed by atoms with E-state index >= 15 is 0 Å². The Morgan fingerprint density at radius 3 is 2.50 bits per heavy atom. The van der Waals surface area contributed by atoms with Gasteiger partial charge in [-0.1, -0.05) is 26.2 Å². The molecule has 20 heavy (non-hydrogen) atoms. The van der Waals surface area contributed by atoms with Crippen LogP contribution in [0.25, 0.3) is 0 Å². The van der Waals surface area contributed by atoms with Crippen LogP contribution < -0.4 is 5.73 Å². The van der Waals surface area contributed by atoms with E-state index in [1.165, 1.54) is 0 Å². The van der Waals surface area contributed by atoms with Gasteiger partial charge in [-0.2, -0.15) is 13.2 Å². The van der Waals surface area contributed by atoms with Crippen molar-refractivity contribution >= 4 is 11.7 Å². The fourth-order valence-electron chi connectivity index (χ4n) is 1.70. The summed E-state index contributed by atoms with van der Waals surface area (Å²) < 4.78 is 42.3. The van der Waals surface area contributed by atoms with Crippen LogP contribution in [-0.2, 0) is 10.9 Å². The lowest BCUT2D eigenvalue weighted by atomic mass is 10.1. The lowest BCUT2D eigenvalue weighted by Crippen LogP contribution is -2.12. The third-order valence-corrected chi connectivity index (χ3v) is 2.83. The predicted octanol–water partition coefficient (Wildman–Crippen LogP) is 4.02. The van der Waals surface area contributed by atoms with Crippen LogP contribution in [0.4, 0.5) is 18.9 Å². The number of rotatable bonds is 6. The van der Waals surface area contributed by atoms with Crippen molar-refractivity contribution in [2.45, 2.75) is 38.8 Å². The molecule has 0 heterocycles. The van der Waals surface area contributed by atoms with Crippen molar-refractivity contribution in [2.24, 2.45) is 0 Å². The quantitative estimate of drug-likeness (QED) is 0.489. The molecule has 1 rings (SSSR count). The summed E-state index contributed by atoms with van der Waals surface area (Å²) in [5, 5.41) is 0. The molecular formula is C14H18F3NO2. The van der Waals surface area contributed by atoms with Gasteiger partial charge >= 0.3 is 12.1 Å². The number of benzene rings is 1. The maximum Gasteiger partial charge on any atom is 0.416 e. The Labute approximate surface area is 115 Å². The summed E-state index contributed by atoms with van der Waals surface area (Å²) in [6, 6.07) is 2.62. The van der Waals surface area contributed by atoms with Crippen LogP contribution in [0.3, 0.4) is 0 Å². The summed E-state index contributed by atoms with van der Waals surface area (Å²) in [6.07, 6.45) is -0.664. The van der Waals surface area contributed by atoms with E-state index in [4.69, 9.17) is 10.5 Å². The van der Waals surface area contributed by atoms with Crippen molar-refractivity contribution in [1.82, 2.24) is 0 Å². The first-order valence-electron chi connectivity index (χ1n) is 6.50. The monoisotopic (exact) mass is 289 g/mol. The Morgan fingerprint density at radius 2 is 1.95 bits per heavy atom. The Bertz CT molecular complexity index is 458. The van der Waals surface area contributed by atoms with Gasteiger partial charge < -0.3 is 10.5 Å². The molecule has 0 spiro atoms. The van der Waals surface area contributed by atoms with Gasteiger partial charge in [0.1, 0.15) is 0 Å². The van der Waals surface area contributed by atoms with Crippen LogP contribution in [0.2, 0.25) is 0 Å². The molecule has 1 aromatic rings. The molecule has 1 aromatic carbocycles. The number of esters is 1. The van der Waals surface area contributed by atoms with E-state index < -0.39 is 17.7 Å². The second-order valence-electron chi connectivity index (χ2n) is 4.50. The van der Waals surface area contributed by atoms with Gasteiger partial charge in [-0.15, -0.1) is 0 Å². The van der Waals surface area contributed by atoms with E-state index in [0.29, 0.717) is 0 Å². The standard InChI is InChI=1S/C14H18F3NO2/c1-2-3-4-5-8-20-13(19)11-7-6-10(9-12(11)18)14(15,16)17/h6-7,9H,2-5,8,18H2,1H3. The zero-order valence-corrected chi connectivity index (χ0v) is 11.3. The van der Waals surface area contributed by atoms with Crippen LogP contribution in [0.5, 0.6) is 0 Å². The Balaban J connectivity index is 2.61. The van der Waals surface area contributed by atoms with E-state index in [-0.39, 0.29) is 17.9 Å². The largest absolute Gasteiger partial charge is 0.462 e. The Morgan fingerprint density at radius 1 is 1.25 bits per heavy atom. The SMILES string of the molecule is CCCCCCOC(=O)c1ccc(C(F)(F)F)cc1N. The Hall–Kier alpha value is -1.72. The zero-order valence-electron chi connectivity index (χ0n) is 11.3. The van der Waals surface area contributed by atoms with E-state index in [1.807, 2.05) is 0 Å². The molecule has 0 bridgehead atoms. The maximum absolute atomic E-state index is 12.4. The molecule has 0 aliphatic heterocycles. The first kappa shape index (κ1) is 16.3. The molecule has 0 radical (unpaired) electrons. The van der Waals surface area contributed by atoms with E-state index in [1.54, 1.807) is 0 Å². The van der Waals surface area contributed by atoms with Crippen molar-refractivity contribution in [3.8, 4) is 0 Å². The molecule has 0 amide bonds. The first-order chi connectivity index (χ1) is 9.36. The normalized spacial score (nSPS) is 11.4. The number of hydrogen-bond acceptors (Lipinski definition) is 3. The highest BCUT2D eigenvalue weighted by Gasteiger charge is 2.31. The molecule has 0 fully saturated rings. The number of alkyl halides is 3.